The molecule has 0 spiro atoms. The smallest absolute Gasteiger partial charge is 0.238 e. The molecule has 1 saturated carbocycles. The topological polar surface area (TPSA) is 46.5 Å². The van der Waals surface area contributed by atoms with E-state index in [-0.39, 0.29) is 0 Å². The molecule has 0 aliphatic heterocycles. The van der Waals surface area contributed by atoms with Crippen LogP contribution in [-0.4, -0.2) is 20.2 Å². The lowest BCUT2D eigenvalue weighted by Gasteiger charge is -2.12. The van der Waals surface area contributed by atoms with E-state index in [0.29, 0.717) is 22.1 Å². The Morgan fingerprint density at radius 1 is 1.69 bits per heavy atom. The highest BCUT2D eigenvalue weighted by atomic mass is 32.1. The van der Waals surface area contributed by atoms with Crippen molar-refractivity contribution < 1.29 is 0 Å². The number of hydrogen-bond acceptors (Lipinski definition) is 3. The van der Waals surface area contributed by atoms with Gasteiger partial charge in [0.1, 0.15) is 0 Å². The number of hydrogen-bond donors (Lipinski definition) is 1. The van der Waals surface area contributed by atoms with E-state index in [0.717, 1.165) is 0 Å². The van der Waals surface area contributed by atoms with Gasteiger partial charge >= 0.3 is 0 Å². The van der Waals surface area contributed by atoms with Gasteiger partial charge in [0.2, 0.25) is 4.77 Å². The third kappa shape index (κ3) is 1.41. The molecule has 2 rings (SSSR count). The number of nitrogens with one attached hydrogen (secondary N) is 1. The van der Waals surface area contributed by atoms with E-state index in [1.165, 1.54) is 6.42 Å². The van der Waals surface area contributed by atoms with Gasteiger partial charge in [-0.3, -0.25) is 0 Å². The van der Waals surface area contributed by atoms with Crippen molar-refractivity contribution in [3.63, 3.8) is 0 Å². The second kappa shape index (κ2) is 2.64. The second-order valence-corrected chi connectivity index (χ2v) is 4.86. The fourth-order valence-corrected chi connectivity index (χ4v) is 2.23. The van der Waals surface area contributed by atoms with Crippen molar-refractivity contribution in [1.29, 1.82) is 0 Å². The predicted molar refractivity (Wildman–Crippen MR) is 51.8 cm³/mol. The number of rotatable bonds is 2. The van der Waals surface area contributed by atoms with E-state index in [1.807, 2.05) is 4.68 Å². The van der Waals surface area contributed by atoms with E-state index in [4.69, 9.17) is 12.2 Å². The van der Waals surface area contributed by atoms with E-state index in [2.05, 4.69) is 36.3 Å². The predicted octanol–water partition coefficient (Wildman–Crippen LogP) is 1.94. The first-order valence-corrected chi connectivity index (χ1v) is 4.93. The normalized spacial score (nSPS) is 27.2. The Kier molecular flexibility index (Phi) is 1.80. The molecule has 72 valence electrons. The minimum atomic E-state index is 0.387. The molecule has 1 fully saturated rings. The van der Waals surface area contributed by atoms with Gasteiger partial charge in [-0.2, -0.15) is 5.21 Å². The molecule has 1 aliphatic carbocycles. The largest absolute Gasteiger partial charge is 0.239 e. The Bertz CT molecular complexity index is 364. The average molecular weight is 198 g/mol. The van der Waals surface area contributed by atoms with Gasteiger partial charge < -0.3 is 0 Å². The number of aromatic nitrogens is 4. The van der Waals surface area contributed by atoms with Gasteiger partial charge in [-0.1, -0.05) is 24.2 Å². The third-order valence-corrected chi connectivity index (χ3v) is 3.35. The van der Waals surface area contributed by atoms with Crippen LogP contribution in [0.1, 0.15) is 33.2 Å². The summed E-state index contributed by atoms with van der Waals surface area (Å²) in [5.74, 6) is 0.696. The van der Waals surface area contributed by atoms with Gasteiger partial charge in [0, 0.05) is 0 Å². The van der Waals surface area contributed by atoms with Crippen LogP contribution in [-0.2, 0) is 0 Å². The van der Waals surface area contributed by atoms with Crippen LogP contribution in [0.2, 0.25) is 0 Å². The van der Waals surface area contributed by atoms with Crippen LogP contribution in [0.25, 0.3) is 0 Å². The zero-order valence-electron chi connectivity index (χ0n) is 8.11. The summed E-state index contributed by atoms with van der Waals surface area (Å²) in [5.41, 5.74) is 0.458. The Balaban J connectivity index is 2.20. The molecule has 13 heavy (non-hydrogen) atoms. The van der Waals surface area contributed by atoms with Gasteiger partial charge in [-0.05, 0) is 36.9 Å². The summed E-state index contributed by atoms with van der Waals surface area (Å²) in [5, 5.41) is 10.3. The molecule has 0 amide bonds. The van der Waals surface area contributed by atoms with Crippen molar-refractivity contribution in [3.05, 3.63) is 4.77 Å². The van der Waals surface area contributed by atoms with E-state index in [9.17, 15) is 0 Å². The highest BCUT2D eigenvalue weighted by molar-refractivity contribution is 7.71. The Morgan fingerprint density at radius 2 is 2.31 bits per heavy atom. The maximum atomic E-state index is 5.04. The van der Waals surface area contributed by atoms with Gasteiger partial charge in [0.25, 0.3) is 0 Å². The Morgan fingerprint density at radius 3 is 2.69 bits per heavy atom. The maximum Gasteiger partial charge on any atom is 0.238 e. The monoisotopic (exact) mass is 198 g/mol. The number of aromatic amines is 1. The SMILES string of the molecule is CC(C1CC1(C)C)n1[nH]nnc1=S. The van der Waals surface area contributed by atoms with E-state index >= 15 is 0 Å². The average Bonchev–Trinajstić information content (AvgIpc) is 2.49. The molecular formula is C8H14N4S. The highest BCUT2D eigenvalue weighted by Crippen LogP contribution is 2.56. The standard InChI is InChI=1S/C8H14N4S/c1-5(6-4-8(6,2)3)12-7(13)9-10-11-12/h5-6H,4H2,1-3H3,(H,9,11,13). The molecule has 1 N–H and O–H groups in total. The zero-order valence-corrected chi connectivity index (χ0v) is 8.93. The van der Waals surface area contributed by atoms with Gasteiger partial charge in [-0.25, -0.2) is 4.68 Å². The van der Waals surface area contributed by atoms with Crippen LogP contribution >= 0.6 is 12.2 Å². The van der Waals surface area contributed by atoms with Gasteiger partial charge in [-0.15, -0.1) is 0 Å². The first-order valence-electron chi connectivity index (χ1n) is 4.52. The fraction of sp³-hybridized carbons (Fsp3) is 0.875. The molecule has 2 atom stereocenters. The molecule has 2 unspecified atom stereocenters. The van der Waals surface area contributed by atoms with Crippen LogP contribution in [0.4, 0.5) is 0 Å². The van der Waals surface area contributed by atoms with Crippen molar-refractivity contribution in [3.8, 4) is 0 Å². The van der Waals surface area contributed by atoms with Crippen LogP contribution in [0.15, 0.2) is 0 Å². The van der Waals surface area contributed by atoms with Crippen molar-refractivity contribution in [1.82, 2.24) is 20.2 Å². The molecule has 1 aliphatic rings. The van der Waals surface area contributed by atoms with Crippen molar-refractivity contribution in [2.24, 2.45) is 11.3 Å². The summed E-state index contributed by atoms with van der Waals surface area (Å²) < 4.78 is 2.42. The molecule has 0 saturated heterocycles. The summed E-state index contributed by atoms with van der Waals surface area (Å²) in [7, 11) is 0. The summed E-state index contributed by atoms with van der Waals surface area (Å²) in [6.07, 6.45) is 1.26. The summed E-state index contributed by atoms with van der Waals surface area (Å²) >= 11 is 5.04. The van der Waals surface area contributed by atoms with Gasteiger partial charge in [0.15, 0.2) is 0 Å². The van der Waals surface area contributed by atoms with Crippen LogP contribution < -0.4 is 0 Å². The molecule has 1 aromatic rings. The third-order valence-electron chi connectivity index (χ3n) is 3.07. The molecule has 1 heterocycles. The van der Waals surface area contributed by atoms with Crippen LogP contribution in [0, 0.1) is 16.1 Å². The molecule has 0 radical (unpaired) electrons. The van der Waals surface area contributed by atoms with Crippen molar-refractivity contribution in [2.75, 3.05) is 0 Å². The Hall–Kier alpha value is -0.710. The molecule has 0 aromatic carbocycles. The zero-order chi connectivity index (χ0) is 9.64. The molecule has 5 heteroatoms. The highest BCUT2D eigenvalue weighted by Gasteiger charge is 2.49. The van der Waals surface area contributed by atoms with E-state index < -0.39 is 0 Å². The first kappa shape index (κ1) is 8.87. The number of tetrazole rings is 1. The fourth-order valence-electron chi connectivity index (χ4n) is 1.98. The molecule has 1 aromatic heterocycles. The maximum absolute atomic E-state index is 5.04. The molecule has 4 nitrogen and oxygen atoms in total. The summed E-state index contributed by atoms with van der Waals surface area (Å²) in [4.78, 5) is 0. The van der Waals surface area contributed by atoms with Crippen LogP contribution in [0.5, 0.6) is 0 Å². The lowest BCUT2D eigenvalue weighted by atomic mass is 10.1. The van der Waals surface area contributed by atoms with Crippen molar-refractivity contribution >= 4 is 12.2 Å². The van der Waals surface area contributed by atoms with Crippen molar-refractivity contribution in [2.45, 2.75) is 33.2 Å². The summed E-state index contributed by atoms with van der Waals surface area (Å²) in [6.45, 7) is 6.72. The number of nitrogens with zero attached hydrogens (tertiary/aromatic N) is 3. The molecule has 0 bridgehead atoms. The lowest BCUT2D eigenvalue weighted by molar-refractivity contribution is 0.373. The first-order chi connectivity index (χ1) is 6.02. The minimum Gasteiger partial charge on any atom is -0.239 e. The number of H-pyrrole nitrogens is 1. The molecular weight excluding hydrogens is 184 g/mol. The van der Waals surface area contributed by atoms with Crippen LogP contribution in [0.3, 0.4) is 0 Å². The lowest BCUT2D eigenvalue weighted by Crippen LogP contribution is -2.12. The summed E-state index contributed by atoms with van der Waals surface area (Å²) in [6, 6.07) is 0.387. The van der Waals surface area contributed by atoms with E-state index in [1.54, 1.807) is 0 Å². The Labute approximate surface area is 82.3 Å². The van der Waals surface area contributed by atoms with Gasteiger partial charge in [0.05, 0.1) is 6.04 Å². The quantitative estimate of drug-likeness (QED) is 0.739. The minimum absolute atomic E-state index is 0.387. The second-order valence-electron chi connectivity index (χ2n) is 4.49.